The van der Waals surface area contributed by atoms with E-state index in [2.05, 4.69) is 20.9 Å². The van der Waals surface area contributed by atoms with Crippen molar-refractivity contribution in [3.8, 4) is 16.9 Å². The number of hydrogen-bond donors (Lipinski definition) is 0. The van der Waals surface area contributed by atoms with Gasteiger partial charge in [-0.3, -0.25) is 14.6 Å². The molecule has 204 valence electrons. The maximum Gasteiger partial charge on any atom is 0.254 e. The third kappa shape index (κ3) is 4.98. The van der Waals surface area contributed by atoms with E-state index >= 15 is 0 Å². The van der Waals surface area contributed by atoms with Gasteiger partial charge < -0.3 is 18.8 Å². The molecule has 4 heterocycles. The fourth-order valence-electron chi connectivity index (χ4n) is 5.14. The number of benzene rings is 1. The molecule has 5 rings (SSSR count). The highest BCUT2D eigenvalue weighted by molar-refractivity contribution is 6.33. The van der Waals surface area contributed by atoms with Gasteiger partial charge >= 0.3 is 0 Å². The summed E-state index contributed by atoms with van der Waals surface area (Å²) in [6, 6.07) is 6.80. The molecule has 0 radical (unpaired) electrons. The molecule has 1 aliphatic rings. The Morgan fingerprint density at radius 2 is 1.93 bits per heavy atom. The first-order valence-electron chi connectivity index (χ1n) is 13.0. The first-order chi connectivity index (χ1) is 19.2. The van der Waals surface area contributed by atoms with Crippen molar-refractivity contribution in [2.75, 3.05) is 13.2 Å². The van der Waals surface area contributed by atoms with Crippen molar-refractivity contribution in [3.05, 3.63) is 104 Å². The smallest absolute Gasteiger partial charge is 0.254 e. The van der Waals surface area contributed by atoms with Crippen LogP contribution in [0.5, 0.6) is 5.75 Å². The molecule has 3 aromatic heterocycles. The van der Waals surface area contributed by atoms with E-state index in [-0.39, 0.29) is 17.5 Å². The number of halogens is 1. The molecule has 0 unspecified atom stereocenters. The first-order valence-corrected chi connectivity index (χ1v) is 13.4. The van der Waals surface area contributed by atoms with E-state index in [0.29, 0.717) is 59.4 Å². The van der Waals surface area contributed by atoms with Crippen molar-refractivity contribution >= 4 is 23.2 Å². The lowest BCUT2D eigenvalue weighted by Crippen LogP contribution is -2.40. The second-order valence-electron chi connectivity index (χ2n) is 9.80. The Morgan fingerprint density at radius 1 is 1.15 bits per heavy atom. The summed E-state index contributed by atoms with van der Waals surface area (Å²) < 4.78 is 9.16. The zero-order chi connectivity index (χ0) is 28.6. The van der Waals surface area contributed by atoms with E-state index in [0.717, 1.165) is 22.5 Å². The largest absolute Gasteiger partial charge is 0.505 e. The normalized spacial score (nSPS) is 13.6. The van der Waals surface area contributed by atoms with Crippen LogP contribution in [0.15, 0.2) is 53.8 Å². The van der Waals surface area contributed by atoms with Gasteiger partial charge in [-0.05, 0) is 62.1 Å². The summed E-state index contributed by atoms with van der Waals surface area (Å²) in [4.78, 5) is 40.4. The second-order valence-corrected chi connectivity index (χ2v) is 10.2. The molecule has 40 heavy (non-hydrogen) atoms. The minimum atomic E-state index is -0.344. The summed E-state index contributed by atoms with van der Waals surface area (Å²) in [6.45, 7) is 14.5. The Bertz CT molecular complexity index is 1720. The van der Waals surface area contributed by atoms with Crippen LogP contribution >= 0.6 is 11.6 Å². The van der Waals surface area contributed by atoms with Gasteiger partial charge in [-0.2, -0.15) is 0 Å². The quantitative estimate of drug-likeness (QED) is 0.286. The number of aromatic nitrogens is 4. The molecule has 0 bridgehead atoms. The van der Waals surface area contributed by atoms with Gasteiger partial charge in [0, 0.05) is 62.1 Å². The first kappa shape index (κ1) is 27.2. The fourth-order valence-corrected chi connectivity index (χ4v) is 5.39. The Balaban J connectivity index is 1.59. The standard InChI is InChI=1S/C30H29ClN6O3/c1-6-40-28-14-26(34-15-27(28)32-4)18(2)37-9-7-21-22(24-17-35(5)29(38)13-25(24)31)11-20(12-23(21)30(37)39)16-36-10-8-33-19(36)3/h8,10-15,17-18H,6-7,9,16H2,1-3,5H3/t18-/m0/s1. The fraction of sp³-hybridized carbons (Fsp3) is 0.300. The van der Waals surface area contributed by atoms with E-state index in [1.807, 2.05) is 37.6 Å². The lowest BCUT2D eigenvalue weighted by atomic mass is 9.88. The zero-order valence-electron chi connectivity index (χ0n) is 22.8. The SMILES string of the molecule is [C-]#[N+]c1cnc([C@H](C)N2CCc3c(cc(Cn4ccnc4C)cc3-c3cn(C)c(=O)cc3Cl)C2=O)cc1OCC. The molecule has 1 aromatic carbocycles. The average molecular weight is 557 g/mol. The van der Waals surface area contributed by atoms with Crippen LogP contribution in [0.3, 0.4) is 0 Å². The molecule has 4 aromatic rings. The Labute approximate surface area is 237 Å². The number of amides is 1. The molecule has 1 aliphatic heterocycles. The maximum atomic E-state index is 14.1. The molecular weight excluding hydrogens is 528 g/mol. The van der Waals surface area contributed by atoms with Gasteiger partial charge in [-0.15, -0.1) is 0 Å². The van der Waals surface area contributed by atoms with Crippen LogP contribution in [0.4, 0.5) is 5.69 Å². The average Bonchev–Trinajstić information content (AvgIpc) is 3.34. The van der Waals surface area contributed by atoms with Gasteiger partial charge in [0.1, 0.15) is 11.6 Å². The summed E-state index contributed by atoms with van der Waals surface area (Å²) in [7, 11) is 1.69. The molecule has 0 saturated carbocycles. The number of nitrogens with zero attached hydrogens (tertiary/aromatic N) is 6. The van der Waals surface area contributed by atoms with Crippen LogP contribution in [0.1, 0.15) is 52.9 Å². The van der Waals surface area contributed by atoms with E-state index in [9.17, 15) is 9.59 Å². The minimum absolute atomic E-state index is 0.117. The summed E-state index contributed by atoms with van der Waals surface area (Å²) in [5.74, 6) is 1.21. The topological polar surface area (TPSA) is 86.6 Å². The predicted octanol–water partition coefficient (Wildman–Crippen LogP) is 5.36. The molecule has 9 nitrogen and oxygen atoms in total. The number of aryl methyl sites for hydroxylation is 2. The van der Waals surface area contributed by atoms with Crippen LogP contribution in [-0.2, 0) is 20.0 Å². The van der Waals surface area contributed by atoms with Crippen molar-refractivity contribution in [3.63, 3.8) is 0 Å². The highest BCUT2D eigenvalue weighted by atomic mass is 35.5. The maximum absolute atomic E-state index is 14.1. The molecule has 0 saturated heterocycles. The van der Waals surface area contributed by atoms with Gasteiger partial charge in [0.15, 0.2) is 0 Å². The number of hydrogen-bond acceptors (Lipinski definition) is 5. The number of ether oxygens (including phenoxy) is 1. The molecule has 1 amide bonds. The number of fused-ring (bicyclic) bond motifs is 1. The molecule has 0 N–H and O–H groups in total. The third-order valence-electron chi connectivity index (χ3n) is 7.33. The van der Waals surface area contributed by atoms with Crippen LogP contribution in [0, 0.1) is 13.5 Å². The number of carbonyl (C=O) groups excluding carboxylic acids is 1. The van der Waals surface area contributed by atoms with Crippen LogP contribution < -0.4 is 10.3 Å². The summed E-state index contributed by atoms with van der Waals surface area (Å²) >= 11 is 6.59. The highest BCUT2D eigenvalue weighted by Crippen LogP contribution is 2.38. The van der Waals surface area contributed by atoms with Crippen molar-refractivity contribution in [1.29, 1.82) is 0 Å². The zero-order valence-corrected chi connectivity index (χ0v) is 23.6. The van der Waals surface area contributed by atoms with Crippen LogP contribution in [0.2, 0.25) is 5.02 Å². The van der Waals surface area contributed by atoms with Gasteiger partial charge in [0.05, 0.1) is 29.9 Å². The predicted molar refractivity (Wildman–Crippen MR) is 153 cm³/mol. The van der Waals surface area contributed by atoms with Crippen molar-refractivity contribution < 1.29 is 9.53 Å². The molecular formula is C30H29ClN6O3. The van der Waals surface area contributed by atoms with Gasteiger partial charge in [-0.25, -0.2) is 9.83 Å². The molecule has 0 fully saturated rings. The Morgan fingerprint density at radius 3 is 2.62 bits per heavy atom. The highest BCUT2D eigenvalue weighted by Gasteiger charge is 2.32. The number of carbonyl (C=O) groups is 1. The third-order valence-corrected chi connectivity index (χ3v) is 7.64. The lowest BCUT2D eigenvalue weighted by Gasteiger charge is -2.35. The van der Waals surface area contributed by atoms with Gasteiger partial charge in [0.25, 0.3) is 11.5 Å². The van der Waals surface area contributed by atoms with E-state index < -0.39 is 0 Å². The summed E-state index contributed by atoms with van der Waals surface area (Å²) in [5, 5.41) is 0.344. The van der Waals surface area contributed by atoms with Crippen LogP contribution in [0.25, 0.3) is 16.0 Å². The lowest BCUT2D eigenvalue weighted by molar-refractivity contribution is 0.0669. The monoisotopic (exact) mass is 556 g/mol. The van der Waals surface area contributed by atoms with E-state index in [4.69, 9.17) is 22.9 Å². The van der Waals surface area contributed by atoms with Gasteiger partial charge in [-0.1, -0.05) is 11.6 Å². The van der Waals surface area contributed by atoms with E-state index in [1.165, 1.54) is 16.8 Å². The van der Waals surface area contributed by atoms with Crippen LogP contribution in [-0.4, -0.2) is 43.1 Å². The molecule has 1 atom stereocenters. The molecule has 0 aliphatic carbocycles. The van der Waals surface area contributed by atoms with Crippen molar-refractivity contribution in [2.45, 2.75) is 39.8 Å². The molecule has 0 spiro atoms. The van der Waals surface area contributed by atoms with Gasteiger partial charge in [0.2, 0.25) is 5.69 Å². The van der Waals surface area contributed by atoms with Crippen molar-refractivity contribution in [2.24, 2.45) is 7.05 Å². The summed E-state index contributed by atoms with van der Waals surface area (Å²) in [6.07, 6.45) is 7.47. The second kappa shape index (κ2) is 11.0. The Hall–Kier alpha value is -4.42. The van der Waals surface area contributed by atoms with E-state index in [1.54, 1.807) is 30.4 Å². The number of imidazole rings is 1. The van der Waals surface area contributed by atoms with Crippen molar-refractivity contribution in [1.82, 2.24) is 24.0 Å². The number of rotatable bonds is 7. The summed E-state index contributed by atoms with van der Waals surface area (Å²) in [5.41, 5.74) is 4.74. The number of pyridine rings is 2. The molecule has 10 heteroatoms. The minimum Gasteiger partial charge on any atom is -0.505 e. The Kier molecular flexibility index (Phi) is 7.46.